The van der Waals surface area contributed by atoms with E-state index >= 15 is 0 Å². The van der Waals surface area contributed by atoms with Gasteiger partial charge in [-0.1, -0.05) is 0 Å². The van der Waals surface area contributed by atoms with Crippen LogP contribution in [0.25, 0.3) is 0 Å². The van der Waals surface area contributed by atoms with Crippen molar-refractivity contribution in [1.29, 1.82) is 0 Å². The summed E-state index contributed by atoms with van der Waals surface area (Å²) in [5.74, 6) is 0. The Morgan fingerprint density at radius 2 is 2.39 bits per heavy atom. The van der Waals surface area contributed by atoms with Crippen molar-refractivity contribution in [2.45, 2.75) is 37.8 Å². The van der Waals surface area contributed by atoms with Crippen LogP contribution in [0.3, 0.4) is 0 Å². The minimum atomic E-state index is -0.361. The summed E-state index contributed by atoms with van der Waals surface area (Å²) in [6.07, 6.45) is 6.11. The van der Waals surface area contributed by atoms with Crippen molar-refractivity contribution in [2.75, 3.05) is 18.0 Å². The molecule has 3 rings (SSSR count). The molecule has 0 aliphatic carbocycles. The third kappa shape index (κ3) is 2.08. The molecule has 0 saturated carbocycles. The Hall–Kier alpha value is -1.21. The van der Waals surface area contributed by atoms with Crippen LogP contribution in [0.1, 0.15) is 25.7 Å². The second kappa shape index (κ2) is 4.81. The lowest BCUT2D eigenvalue weighted by Crippen LogP contribution is -2.44. The zero-order valence-corrected chi connectivity index (χ0v) is 10.9. The fourth-order valence-electron chi connectivity index (χ4n) is 2.96. The van der Waals surface area contributed by atoms with Crippen LogP contribution in [0.15, 0.2) is 6.20 Å². The molecule has 0 amide bonds. The molecule has 6 nitrogen and oxygen atoms in total. The van der Waals surface area contributed by atoms with Gasteiger partial charge >= 0.3 is 5.00 Å². The summed E-state index contributed by atoms with van der Waals surface area (Å²) in [4.78, 5) is 16.8. The van der Waals surface area contributed by atoms with Gasteiger partial charge in [0.15, 0.2) is 5.13 Å². The lowest BCUT2D eigenvalue weighted by atomic mass is 10.0. The monoisotopic (exact) mass is 268 g/mol. The first-order chi connectivity index (χ1) is 8.75. The van der Waals surface area contributed by atoms with E-state index in [0.29, 0.717) is 12.1 Å². The fourth-order valence-corrected chi connectivity index (χ4v) is 3.78. The molecule has 18 heavy (non-hydrogen) atoms. The van der Waals surface area contributed by atoms with Gasteiger partial charge in [0.2, 0.25) is 0 Å². The van der Waals surface area contributed by atoms with Crippen molar-refractivity contribution in [1.82, 2.24) is 10.3 Å². The average molecular weight is 268 g/mol. The molecule has 0 bridgehead atoms. The average Bonchev–Trinajstić information content (AvgIpc) is 3.10. The van der Waals surface area contributed by atoms with Crippen LogP contribution in [0.4, 0.5) is 10.1 Å². The summed E-state index contributed by atoms with van der Waals surface area (Å²) in [6.45, 7) is 2.06. The molecule has 1 aromatic heterocycles. The second-order valence-electron chi connectivity index (χ2n) is 4.84. The van der Waals surface area contributed by atoms with Gasteiger partial charge in [0, 0.05) is 18.6 Å². The molecule has 0 aromatic carbocycles. The van der Waals surface area contributed by atoms with Gasteiger partial charge in [-0.3, -0.25) is 10.1 Å². The lowest BCUT2D eigenvalue weighted by molar-refractivity contribution is -0.380. The lowest BCUT2D eigenvalue weighted by Gasteiger charge is -2.28. The van der Waals surface area contributed by atoms with Crippen LogP contribution in [-0.4, -0.2) is 35.1 Å². The van der Waals surface area contributed by atoms with Gasteiger partial charge < -0.3 is 10.2 Å². The number of hydrogen-bond donors (Lipinski definition) is 1. The van der Waals surface area contributed by atoms with Crippen molar-refractivity contribution in [2.24, 2.45) is 0 Å². The Bertz CT molecular complexity index is 444. The topological polar surface area (TPSA) is 71.3 Å². The molecule has 3 heterocycles. The molecule has 2 atom stereocenters. The van der Waals surface area contributed by atoms with Crippen LogP contribution in [0, 0.1) is 10.1 Å². The van der Waals surface area contributed by atoms with E-state index in [2.05, 4.69) is 15.2 Å². The van der Waals surface area contributed by atoms with Gasteiger partial charge in [-0.15, -0.1) is 0 Å². The maximum Gasteiger partial charge on any atom is 0.345 e. The van der Waals surface area contributed by atoms with Gasteiger partial charge in [-0.25, -0.2) is 4.98 Å². The van der Waals surface area contributed by atoms with Crippen LogP contribution < -0.4 is 10.2 Å². The highest BCUT2D eigenvalue weighted by Gasteiger charge is 2.35. The molecule has 2 fully saturated rings. The predicted molar refractivity (Wildman–Crippen MR) is 70.2 cm³/mol. The predicted octanol–water partition coefficient (Wildman–Crippen LogP) is 1.77. The molecule has 2 aliphatic rings. The van der Waals surface area contributed by atoms with Crippen molar-refractivity contribution in [3.05, 3.63) is 16.3 Å². The van der Waals surface area contributed by atoms with E-state index in [1.54, 1.807) is 0 Å². The Morgan fingerprint density at radius 3 is 3.06 bits per heavy atom. The number of nitro groups is 1. The van der Waals surface area contributed by atoms with E-state index in [0.717, 1.165) is 31.1 Å². The first kappa shape index (κ1) is 11.9. The third-order valence-corrected chi connectivity index (χ3v) is 4.76. The molecule has 1 N–H and O–H groups in total. The summed E-state index contributed by atoms with van der Waals surface area (Å²) >= 11 is 1.19. The number of nitrogens with one attached hydrogen (secondary N) is 1. The normalized spacial score (nSPS) is 27.9. The summed E-state index contributed by atoms with van der Waals surface area (Å²) < 4.78 is 0. The van der Waals surface area contributed by atoms with E-state index in [-0.39, 0.29) is 9.92 Å². The Morgan fingerprint density at radius 1 is 1.50 bits per heavy atom. The number of rotatable bonds is 3. The third-order valence-electron chi connectivity index (χ3n) is 3.77. The molecule has 2 saturated heterocycles. The molecule has 0 radical (unpaired) electrons. The minimum Gasteiger partial charge on any atom is -0.343 e. The molecule has 0 spiro atoms. The summed E-state index contributed by atoms with van der Waals surface area (Å²) in [7, 11) is 0. The van der Waals surface area contributed by atoms with E-state index in [4.69, 9.17) is 0 Å². The van der Waals surface area contributed by atoms with E-state index in [1.165, 1.54) is 30.4 Å². The largest absolute Gasteiger partial charge is 0.345 e. The number of anilines is 1. The van der Waals surface area contributed by atoms with E-state index < -0.39 is 0 Å². The summed E-state index contributed by atoms with van der Waals surface area (Å²) in [5, 5.41) is 15.2. The maximum absolute atomic E-state index is 10.7. The van der Waals surface area contributed by atoms with Crippen molar-refractivity contribution in [3.63, 3.8) is 0 Å². The van der Waals surface area contributed by atoms with Crippen molar-refractivity contribution < 1.29 is 4.92 Å². The Balaban J connectivity index is 1.78. The first-order valence-corrected chi connectivity index (χ1v) is 7.17. The van der Waals surface area contributed by atoms with E-state index in [1.807, 2.05) is 0 Å². The van der Waals surface area contributed by atoms with Crippen LogP contribution in [-0.2, 0) is 0 Å². The van der Waals surface area contributed by atoms with Gasteiger partial charge in [0.05, 0.1) is 4.92 Å². The number of hydrogen-bond acceptors (Lipinski definition) is 6. The van der Waals surface area contributed by atoms with Crippen molar-refractivity contribution >= 4 is 21.5 Å². The highest BCUT2D eigenvalue weighted by Crippen LogP contribution is 2.35. The molecule has 2 aliphatic heterocycles. The Labute approximate surface area is 109 Å². The van der Waals surface area contributed by atoms with Gasteiger partial charge in [0.25, 0.3) is 0 Å². The molecule has 98 valence electrons. The second-order valence-corrected chi connectivity index (χ2v) is 5.83. The first-order valence-electron chi connectivity index (χ1n) is 6.36. The minimum absolute atomic E-state index is 0.134. The summed E-state index contributed by atoms with van der Waals surface area (Å²) in [6, 6.07) is 0.980. The standard InChI is InChI=1S/C11H16N4O2S/c16-15(17)10-7-13-11(18-10)14-6-2-4-9(14)8-3-1-5-12-8/h7-9,12H,1-6H2. The maximum atomic E-state index is 10.7. The fraction of sp³-hybridized carbons (Fsp3) is 0.727. The zero-order valence-electron chi connectivity index (χ0n) is 10.0. The van der Waals surface area contributed by atoms with Gasteiger partial charge in [0.1, 0.15) is 6.20 Å². The smallest absolute Gasteiger partial charge is 0.343 e. The SMILES string of the molecule is O=[N+]([O-])c1cnc(N2CCCC2C2CCCN2)s1. The van der Waals surface area contributed by atoms with Gasteiger partial charge in [-0.2, -0.15) is 0 Å². The quantitative estimate of drug-likeness (QED) is 0.668. The van der Waals surface area contributed by atoms with Crippen molar-refractivity contribution in [3.8, 4) is 0 Å². The van der Waals surface area contributed by atoms with Crippen LogP contribution in [0.2, 0.25) is 0 Å². The molecular formula is C11H16N4O2S. The number of aromatic nitrogens is 1. The molecular weight excluding hydrogens is 252 g/mol. The molecule has 1 aromatic rings. The summed E-state index contributed by atoms with van der Waals surface area (Å²) in [5.41, 5.74) is 0. The highest BCUT2D eigenvalue weighted by molar-refractivity contribution is 7.18. The molecule has 2 unspecified atom stereocenters. The Kier molecular flexibility index (Phi) is 3.17. The number of thiazole rings is 1. The van der Waals surface area contributed by atoms with Crippen LogP contribution in [0.5, 0.6) is 0 Å². The zero-order chi connectivity index (χ0) is 12.5. The van der Waals surface area contributed by atoms with E-state index in [9.17, 15) is 10.1 Å². The molecule has 7 heteroatoms. The van der Waals surface area contributed by atoms with Gasteiger partial charge in [-0.05, 0) is 43.6 Å². The van der Waals surface area contributed by atoms with Crippen LogP contribution >= 0.6 is 11.3 Å². The highest BCUT2D eigenvalue weighted by atomic mass is 32.1. The number of nitrogens with zero attached hydrogens (tertiary/aromatic N) is 3.